The van der Waals surface area contributed by atoms with Gasteiger partial charge in [0.2, 0.25) is 0 Å². The third kappa shape index (κ3) is 4.66. The van der Waals surface area contributed by atoms with Crippen molar-refractivity contribution >= 4 is 0 Å². The van der Waals surface area contributed by atoms with Crippen LogP contribution in [0.5, 0.6) is 11.5 Å². The summed E-state index contributed by atoms with van der Waals surface area (Å²) in [6, 6.07) is 4.84. The second-order valence-electron chi connectivity index (χ2n) is 4.85. The van der Waals surface area contributed by atoms with Crippen LogP contribution in [0.25, 0.3) is 0 Å². The monoisotopic (exact) mass is 246 g/mol. The van der Waals surface area contributed by atoms with E-state index in [9.17, 15) is 10.2 Å². The Balaban J connectivity index is 2.60. The Morgan fingerprint density at radius 3 is 2.22 bits per heavy atom. The molecular formula is C16H22O2. The summed E-state index contributed by atoms with van der Waals surface area (Å²) in [6.45, 7) is 6.27. The number of benzene rings is 1. The van der Waals surface area contributed by atoms with E-state index in [1.54, 1.807) is 18.2 Å². The Hall–Kier alpha value is -1.70. The fourth-order valence-electron chi connectivity index (χ4n) is 1.74. The normalized spacial score (nSPS) is 11.4. The van der Waals surface area contributed by atoms with Gasteiger partial charge in [0.15, 0.2) is 0 Å². The Morgan fingerprint density at radius 2 is 1.67 bits per heavy atom. The standard InChI is InChI=1S/C16H22O2/c1-12(2)6-4-7-13(3)10-11-14-15(17)8-5-9-16(14)18/h5-6,8-10,17-18H,4,7,11H2,1-3H3/b13-10+. The van der Waals surface area contributed by atoms with E-state index >= 15 is 0 Å². The van der Waals surface area contributed by atoms with E-state index in [-0.39, 0.29) is 11.5 Å². The van der Waals surface area contributed by atoms with E-state index in [1.165, 1.54) is 11.1 Å². The zero-order chi connectivity index (χ0) is 13.5. The van der Waals surface area contributed by atoms with Crippen LogP contribution in [-0.2, 0) is 6.42 Å². The molecule has 2 N–H and O–H groups in total. The minimum absolute atomic E-state index is 0.156. The van der Waals surface area contributed by atoms with Gasteiger partial charge in [-0.25, -0.2) is 0 Å². The van der Waals surface area contributed by atoms with E-state index < -0.39 is 0 Å². The number of rotatable bonds is 5. The number of phenolic OH excluding ortho intramolecular Hbond substituents is 2. The van der Waals surface area contributed by atoms with Crippen LogP contribution in [0, 0.1) is 0 Å². The van der Waals surface area contributed by atoms with Gasteiger partial charge < -0.3 is 10.2 Å². The molecule has 18 heavy (non-hydrogen) atoms. The molecular weight excluding hydrogens is 224 g/mol. The van der Waals surface area contributed by atoms with Gasteiger partial charge in [-0.2, -0.15) is 0 Å². The minimum atomic E-state index is 0.156. The van der Waals surface area contributed by atoms with Gasteiger partial charge in [-0.15, -0.1) is 0 Å². The summed E-state index contributed by atoms with van der Waals surface area (Å²) in [5, 5.41) is 19.3. The molecule has 0 amide bonds. The highest BCUT2D eigenvalue weighted by atomic mass is 16.3. The average molecular weight is 246 g/mol. The molecule has 0 radical (unpaired) electrons. The van der Waals surface area contributed by atoms with E-state index in [4.69, 9.17) is 0 Å². The first-order chi connectivity index (χ1) is 8.50. The fourth-order valence-corrected chi connectivity index (χ4v) is 1.74. The van der Waals surface area contributed by atoms with E-state index in [1.807, 2.05) is 0 Å². The van der Waals surface area contributed by atoms with Gasteiger partial charge in [0.05, 0.1) is 0 Å². The topological polar surface area (TPSA) is 40.5 Å². The van der Waals surface area contributed by atoms with Crippen molar-refractivity contribution < 1.29 is 10.2 Å². The lowest BCUT2D eigenvalue weighted by Crippen LogP contribution is -1.86. The number of aromatic hydroxyl groups is 2. The summed E-state index contributed by atoms with van der Waals surface area (Å²) in [4.78, 5) is 0. The second-order valence-corrected chi connectivity index (χ2v) is 4.85. The quantitative estimate of drug-likeness (QED) is 0.759. The fraction of sp³-hybridized carbons (Fsp3) is 0.375. The lowest BCUT2D eigenvalue weighted by atomic mass is 10.0. The van der Waals surface area contributed by atoms with Crippen molar-refractivity contribution in [3.05, 3.63) is 47.1 Å². The van der Waals surface area contributed by atoms with Gasteiger partial charge in [-0.05, 0) is 52.2 Å². The molecule has 0 saturated carbocycles. The maximum Gasteiger partial charge on any atom is 0.122 e. The van der Waals surface area contributed by atoms with Crippen LogP contribution < -0.4 is 0 Å². The average Bonchev–Trinajstić information content (AvgIpc) is 2.27. The summed E-state index contributed by atoms with van der Waals surface area (Å²) >= 11 is 0. The molecule has 0 aliphatic rings. The molecule has 0 saturated heterocycles. The molecule has 0 fully saturated rings. The highest BCUT2D eigenvalue weighted by molar-refractivity contribution is 5.44. The second kappa shape index (κ2) is 6.90. The van der Waals surface area contributed by atoms with E-state index in [2.05, 4.69) is 32.9 Å². The summed E-state index contributed by atoms with van der Waals surface area (Å²) in [6.07, 6.45) is 6.90. The first-order valence-electron chi connectivity index (χ1n) is 6.29. The molecule has 0 spiro atoms. The molecule has 0 aliphatic heterocycles. The van der Waals surface area contributed by atoms with Crippen molar-refractivity contribution in [3.8, 4) is 11.5 Å². The molecule has 0 heterocycles. The number of hydrogen-bond donors (Lipinski definition) is 2. The van der Waals surface area contributed by atoms with Crippen molar-refractivity contribution in [1.82, 2.24) is 0 Å². The van der Waals surface area contributed by atoms with Crippen molar-refractivity contribution in [3.63, 3.8) is 0 Å². The van der Waals surface area contributed by atoms with Gasteiger partial charge in [0.25, 0.3) is 0 Å². The van der Waals surface area contributed by atoms with Gasteiger partial charge in [0.1, 0.15) is 11.5 Å². The summed E-state index contributed by atoms with van der Waals surface area (Å²) in [5.74, 6) is 0.312. The lowest BCUT2D eigenvalue weighted by molar-refractivity contribution is 0.441. The highest BCUT2D eigenvalue weighted by Crippen LogP contribution is 2.27. The molecule has 1 rings (SSSR count). The van der Waals surface area contributed by atoms with Gasteiger partial charge in [0, 0.05) is 5.56 Å². The van der Waals surface area contributed by atoms with Crippen LogP contribution >= 0.6 is 0 Å². The Bertz CT molecular complexity index is 432. The van der Waals surface area contributed by atoms with Gasteiger partial charge in [-0.1, -0.05) is 29.4 Å². The van der Waals surface area contributed by atoms with Crippen molar-refractivity contribution in [2.45, 2.75) is 40.0 Å². The maximum absolute atomic E-state index is 9.65. The summed E-state index contributed by atoms with van der Waals surface area (Å²) in [5.41, 5.74) is 3.20. The zero-order valence-corrected chi connectivity index (χ0v) is 11.4. The predicted molar refractivity (Wildman–Crippen MR) is 75.9 cm³/mol. The summed E-state index contributed by atoms with van der Waals surface area (Å²) < 4.78 is 0. The van der Waals surface area contributed by atoms with Crippen molar-refractivity contribution in [2.24, 2.45) is 0 Å². The highest BCUT2D eigenvalue weighted by Gasteiger charge is 2.04. The Morgan fingerprint density at radius 1 is 1.06 bits per heavy atom. The third-order valence-corrected chi connectivity index (χ3v) is 2.87. The Kier molecular flexibility index (Phi) is 5.50. The van der Waals surface area contributed by atoms with Crippen molar-refractivity contribution in [1.29, 1.82) is 0 Å². The Labute approximate surface area is 109 Å². The number of allylic oxidation sites excluding steroid dienone is 4. The SMILES string of the molecule is CC(C)=CCC/C(C)=C/Cc1c(O)cccc1O. The smallest absolute Gasteiger partial charge is 0.122 e. The van der Waals surface area contributed by atoms with E-state index in [0.29, 0.717) is 12.0 Å². The van der Waals surface area contributed by atoms with Crippen LogP contribution in [0.1, 0.15) is 39.2 Å². The van der Waals surface area contributed by atoms with Crippen LogP contribution in [-0.4, -0.2) is 10.2 Å². The lowest BCUT2D eigenvalue weighted by Gasteiger charge is -2.05. The van der Waals surface area contributed by atoms with Crippen molar-refractivity contribution in [2.75, 3.05) is 0 Å². The zero-order valence-electron chi connectivity index (χ0n) is 11.4. The van der Waals surface area contributed by atoms with Crippen LogP contribution in [0.2, 0.25) is 0 Å². The van der Waals surface area contributed by atoms with Gasteiger partial charge in [-0.3, -0.25) is 0 Å². The minimum Gasteiger partial charge on any atom is -0.508 e. The van der Waals surface area contributed by atoms with Crippen LogP contribution in [0.4, 0.5) is 0 Å². The molecule has 0 aromatic heterocycles. The maximum atomic E-state index is 9.65. The van der Waals surface area contributed by atoms with E-state index in [0.717, 1.165) is 12.8 Å². The molecule has 0 bridgehead atoms. The van der Waals surface area contributed by atoms with Gasteiger partial charge >= 0.3 is 0 Å². The molecule has 0 atom stereocenters. The third-order valence-electron chi connectivity index (χ3n) is 2.87. The molecule has 0 unspecified atom stereocenters. The summed E-state index contributed by atoms with van der Waals surface area (Å²) in [7, 11) is 0. The largest absolute Gasteiger partial charge is 0.508 e. The molecule has 1 aromatic rings. The number of hydrogen-bond acceptors (Lipinski definition) is 2. The molecule has 2 nitrogen and oxygen atoms in total. The number of phenols is 2. The first kappa shape index (κ1) is 14.4. The van der Waals surface area contributed by atoms with Crippen LogP contribution in [0.15, 0.2) is 41.5 Å². The molecule has 1 aromatic carbocycles. The molecule has 0 aliphatic carbocycles. The molecule has 98 valence electrons. The molecule has 2 heteroatoms. The van der Waals surface area contributed by atoms with Crippen LogP contribution in [0.3, 0.4) is 0 Å². The predicted octanol–water partition coefficient (Wildman–Crippen LogP) is 4.33. The first-order valence-corrected chi connectivity index (χ1v) is 6.29.